The van der Waals surface area contributed by atoms with E-state index in [9.17, 15) is 9.18 Å². The molecule has 3 rings (SSSR count). The van der Waals surface area contributed by atoms with E-state index in [1.165, 1.54) is 6.07 Å². The third kappa shape index (κ3) is 4.90. The van der Waals surface area contributed by atoms with Crippen LogP contribution in [0.25, 0.3) is 0 Å². The minimum Gasteiger partial charge on any atom is -0.490 e. The predicted octanol–water partition coefficient (Wildman–Crippen LogP) is 3.34. The number of hydrogen-bond acceptors (Lipinski definition) is 4. The van der Waals surface area contributed by atoms with Crippen molar-refractivity contribution in [2.24, 2.45) is 0 Å². The molecule has 1 aliphatic heterocycles. The van der Waals surface area contributed by atoms with Crippen LogP contribution in [0.1, 0.15) is 13.3 Å². The van der Waals surface area contributed by atoms with Gasteiger partial charge in [-0.25, -0.2) is 4.39 Å². The van der Waals surface area contributed by atoms with Crippen molar-refractivity contribution >= 4 is 11.6 Å². The Hall–Kier alpha value is -2.76. The molecule has 0 N–H and O–H groups in total. The lowest BCUT2D eigenvalue weighted by molar-refractivity contribution is -0.133. The smallest absolute Gasteiger partial charge is 0.260 e. The summed E-state index contributed by atoms with van der Waals surface area (Å²) in [5, 5.41) is 0. The summed E-state index contributed by atoms with van der Waals surface area (Å²) in [4.78, 5) is 16.2. The van der Waals surface area contributed by atoms with Gasteiger partial charge in [0.1, 0.15) is 5.82 Å². The Morgan fingerprint density at radius 2 is 1.59 bits per heavy atom. The predicted molar refractivity (Wildman–Crippen MR) is 103 cm³/mol. The van der Waals surface area contributed by atoms with E-state index in [0.29, 0.717) is 50.0 Å². The number of rotatable bonds is 7. The molecule has 0 radical (unpaired) electrons. The molecule has 6 heteroatoms. The number of carbonyl (C=O) groups is 1. The zero-order valence-electron chi connectivity index (χ0n) is 15.6. The van der Waals surface area contributed by atoms with Crippen LogP contribution in [0.2, 0.25) is 0 Å². The zero-order chi connectivity index (χ0) is 19.1. The Morgan fingerprint density at radius 1 is 0.963 bits per heavy atom. The van der Waals surface area contributed by atoms with Crippen LogP contribution in [-0.4, -0.2) is 50.2 Å². The highest BCUT2D eigenvalue weighted by molar-refractivity contribution is 5.78. The quantitative estimate of drug-likeness (QED) is 0.748. The van der Waals surface area contributed by atoms with Crippen LogP contribution < -0.4 is 14.4 Å². The number of anilines is 1. The summed E-state index contributed by atoms with van der Waals surface area (Å²) in [6.07, 6.45) is 0.902. The molecule has 27 heavy (non-hydrogen) atoms. The van der Waals surface area contributed by atoms with Crippen molar-refractivity contribution in [1.29, 1.82) is 0 Å². The summed E-state index contributed by atoms with van der Waals surface area (Å²) in [6, 6.07) is 14.1. The number of benzene rings is 2. The maximum Gasteiger partial charge on any atom is 0.260 e. The van der Waals surface area contributed by atoms with Crippen LogP contribution in [0.3, 0.4) is 0 Å². The Morgan fingerprint density at radius 3 is 2.26 bits per heavy atom. The van der Waals surface area contributed by atoms with Crippen LogP contribution in [0.4, 0.5) is 10.1 Å². The number of para-hydroxylation sites is 3. The zero-order valence-corrected chi connectivity index (χ0v) is 15.6. The molecular weight excluding hydrogens is 347 g/mol. The molecule has 2 aromatic carbocycles. The number of piperazine rings is 1. The first-order chi connectivity index (χ1) is 13.2. The molecule has 0 aliphatic carbocycles. The number of carbonyl (C=O) groups excluding carboxylic acids is 1. The third-order valence-corrected chi connectivity index (χ3v) is 4.49. The molecule has 0 spiro atoms. The van der Waals surface area contributed by atoms with Gasteiger partial charge in [0.25, 0.3) is 5.91 Å². The topological polar surface area (TPSA) is 42.0 Å². The van der Waals surface area contributed by atoms with Crippen molar-refractivity contribution < 1.29 is 18.7 Å². The lowest BCUT2D eigenvalue weighted by Crippen LogP contribution is -2.50. The highest BCUT2D eigenvalue weighted by atomic mass is 19.1. The van der Waals surface area contributed by atoms with Crippen LogP contribution in [-0.2, 0) is 4.79 Å². The molecule has 1 aliphatic rings. The Balaban J connectivity index is 1.51. The third-order valence-electron chi connectivity index (χ3n) is 4.49. The van der Waals surface area contributed by atoms with E-state index in [1.807, 2.05) is 36.1 Å². The summed E-state index contributed by atoms with van der Waals surface area (Å²) >= 11 is 0. The van der Waals surface area contributed by atoms with Gasteiger partial charge in [0.15, 0.2) is 18.1 Å². The van der Waals surface area contributed by atoms with E-state index in [1.54, 1.807) is 23.1 Å². The van der Waals surface area contributed by atoms with Gasteiger partial charge < -0.3 is 19.3 Å². The van der Waals surface area contributed by atoms with E-state index < -0.39 is 0 Å². The molecule has 144 valence electrons. The second-order valence-corrected chi connectivity index (χ2v) is 6.40. The number of hydrogen-bond donors (Lipinski definition) is 0. The van der Waals surface area contributed by atoms with Crippen molar-refractivity contribution in [2.75, 3.05) is 44.3 Å². The average Bonchev–Trinajstić information content (AvgIpc) is 2.71. The minimum atomic E-state index is -0.232. The fourth-order valence-corrected chi connectivity index (χ4v) is 3.04. The van der Waals surface area contributed by atoms with Crippen molar-refractivity contribution in [3.63, 3.8) is 0 Å². The van der Waals surface area contributed by atoms with Crippen molar-refractivity contribution in [3.8, 4) is 11.5 Å². The van der Waals surface area contributed by atoms with Gasteiger partial charge in [-0.05, 0) is 30.7 Å². The molecule has 1 amide bonds. The maximum absolute atomic E-state index is 13.9. The molecule has 1 saturated heterocycles. The van der Waals surface area contributed by atoms with Gasteiger partial charge in [0, 0.05) is 26.2 Å². The molecule has 5 nitrogen and oxygen atoms in total. The summed E-state index contributed by atoms with van der Waals surface area (Å²) in [7, 11) is 0. The lowest BCUT2D eigenvalue weighted by Gasteiger charge is -2.36. The van der Waals surface area contributed by atoms with E-state index in [2.05, 4.69) is 0 Å². The molecule has 0 bridgehead atoms. The van der Waals surface area contributed by atoms with Crippen LogP contribution in [0.5, 0.6) is 11.5 Å². The molecule has 0 unspecified atom stereocenters. The van der Waals surface area contributed by atoms with Crippen LogP contribution in [0.15, 0.2) is 48.5 Å². The highest BCUT2D eigenvalue weighted by Crippen LogP contribution is 2.26. The fourth-order valence-electron chi connectivity index (χ4n) is 3.04. The maximum atomic E-state index is 13.9. The van der Waals surface area contributed by atoms with Crippen LogP contribution in [0, 0.1) is 5.82 Å². The Kier molecular flexibility index (Phi) is 6.52. The number of amides is 1. The minimum absolute atomic E-state index is 0.0355. The standard InChI is InChI=1S/C21H25FN2O3/c1-2-15-26-19-9-5-6-10-20(19)27-16-21(25)24-13-11-23(12-14-24)18-8-4-3-7-17(18)22/h3-10H,2,11-16H2,1H3. The Labute approximate surface area is 159 Å². The van der Waals surface area contributed by atoms with Crippen molar-refractivity contribution in [2.45, 2.75) is 13.3 Å². The van der Waals surface area contributed by atoms with Crippen molar-refractivity contribution in [3.05, 3.63) is 54.3 Å². The van der Waals surface area contributed by atoms with Gasteiger partial charge >= 0.3 is 0 Å². The van der Waals surface area contributed by atoms with Gasteiger partial charge in [0.05, 0.1) is 12.3 Å². The summed E-state index contributed by atoms with van der Waals surface area (Å²) < 4.78 is 25.2. The van der Waals surface area contributed by atoms with E-state index in [-0.39, 0.29) is 18.3 Å². The number of halogens is 1. The van der Waals surface area contributed by atoms with Gasteiger partial charge in [-0.15, -0.1) is 0 Å². The van der Waals surface area contributed by atoms with Crippen molar-refractivity contribution in [1.82, 2.24) is 4.90 Å². The van der Waals surface area contributed by atoms with Crippen LogP contribution >= 0.6 is 0 Å². The normalized spacial score (nSPS) is 14.1. The average molecular weight is 372 g/mol. The first-order valence-corrected chi connectivity index (χ1v) is 9.31. The lowest BCUT2D eigenvalue weighted by atomic mass is 10.2. The molecule has 1 fully saturated rings. The Bertz CT molecular complexity index is 761. The second-order valence-electron chi connectivity index (χ2n) is 6.40. The first-order valence-electron chi connectivity index (χ1n) is 9.31. The van der Waals surface area contributed by atoms with Gasteiger partial charge in [-0.1, -0.05) is 31.2 Å². The first kappa shape index (κ1) is 19.0. The number of nitrogens with zero attached hydrogens (tertiary/aromatic N) is 2. The highest BCUT2D eigenvalue weighted by Gasteiger charge is 2.23. The fraction of sp³-hybridized carbons (Fsp3) is 0.381. The summed E-state index contributed by atoms with van der Waals surface area (Å²) in [5.74, 6) is 0.915. The van der Waals surface area contributed by atoms with Gasteiger partial charge in [-0.3, -0.25) is 4.79 Å². The van der Waals surface area contributed by atoms with Gasteiger partial charge in [0.2, 0.25) is 0 Å². The molecule has 2 aromatic rings. The summed E-state index contributed by atoms with van der Waals surface area (Å²) in [5.41, 5.74) is 0.586. The van der Waals surface area contributed by atoms with Gasteiger partial charge in [-0.2, -0.15) is 0 Å². The molecule has 1 heterocycles. The van der Waals surface area contributed by atoms with E-state index >= 15 is 0 Å². The summed E-state index contributed by atoms with van der Waals surface area (Å²) in [6.45, 7) is 4.90. The molecule has 0 aromatic heterocycles. The largest absolute Gasteiger partial charge is 0.490 e. The van der Waals surface area contributed by atoms with E-state index in [0.717, 1.165) is 6.42 Å². The van der Waals surface area contributed by atoms with E-state index in [4.69, 9.17) is 9.47 Å². The monoisotopic (exact) mass is 372 g/mol. The molecule has 0 atom stereocenters. The second kappa shape index (κ2) is 9.26. The number of ether oxygens (including phenoxy) is 2. The SMILES string of the molecule is CCCOc1ccccc1OCC(=O)N1CCN(c2ccccc2F)CC1. The molecular formula is C21H25FN2O3. The molecule has 0 saturated carbocycles.